The molecule has 1 fully saturated rings. The third kappa shape index (κ3) is 5.89. The van der Waals surface area contributed by atoms with Crippen molar-refractivity contribution < 1.29 is 19.5 Å². The van der Waals surface area contributed by atoms with Crippen molar-refractivity contribution in [3.63, 3.8) is 0 Å². The minimum absolute atomic E-state index is 0.0776. The average molecular weight is 346 g/mol. The standard InChI is InChI=1S/C19H26N2O4/c1-13-3-5-15(6-4-13)7-8-17(22)20-10-18(23)21-11-14(2)9-16(12-21)19(24)25/h3-6,14,16H,7-12H2,1-2H3,(H,20,22)(H,24,25). The molecule has 1 saturated heterocycles. The van der Waals surface area contributed by atoms with Gasteiger partial charge in [-0.15, -0.1) is 0 Å². The number of likely N-dealkylation sites (tertiary alicyclic amines) is 1. The van der Waals surface area contributed by atoms with E-state index in [0.29, 0.717) is 25.8 Å². The number of carbonyl (C=O) groups is 3. The van der Waals surface area contributed by atoms with Crippen molar-refractivity contribution in [3.8, 4) is 0 Å². The zero-order valence-corrected chi connectivity index (χ0v) is 14.8. The van der Waals surface area contributed by atoms with Crippen LogP contribution in [0.15, 0.2) is 24.3 Å². The number of nitrogens with zero attached hydrogens (tertiary/aromatic N) is 1. The highest BCUT2D eigenvalue weighted by atomic mass is 16.4. The highest BCUT2D eigenvalue weighted by Gasteiger charge is 2.31. The number of carboxylic acid groups (broad SMARTS) is 1. The lowest BCUT2D eigenvalue weighted by atomic mass is 9.90. The summed E-state index contributed by atoms with van der Waals surface area (Å²) in [4.78, 5) is 36.9. The molecule has 0 radical (unpaired) electrons. The summed E-state index contributed by atoms with van der Waals surface area (Å²) in [5, 5.41) is 11.8. The molecular weight excluding hydrogens is 320 g/mol. The number of carbonyl (C=O) groups excluding carboxylic acids is 2. The van der Waals surface area contributed by atoms with Crippen molar-refractivity contribution in [2.45, 2.75) is 33.1 Å². The van der Waals surface area contributed by atoms with E-state index in [9.17, 15) is 14.4 Å². The van der Waals surface area contributed by atoms with Gasteiger partial charge in [0.05, 0.1) is 12.5 Å². The molecule has 0 aliphatic carbocycles. The van der Waals surface area contributed by atoms with Crippen LogP contribution in [0.25, 0.3) is 0 Å². The maximum Gasteiger partial charge on any atom is 0.308 e. The van der Waals surface area contributed by atoms with Crippen LogP contribution in [-0.4, -0.2) is 47.4 Å². The van der Waals surface area contributed by atoms with E-state index >= 15 is 0 Å². The zero-order valence-electron chi connectivity index (χ0n) is 14.8. The molecule has 1 aromatic rings. The van der Waals surface area contributed by atoms with Gasteiger partial charge >= 0.3 is 5.97 Å². The van der Waals surface area contributed by atoms with Gasteiger partial charge in [0.1, 0.15) is 0 Å². The smallest absolute Gasteiger partial charge is 0.308 e. The molecule has 6 heteroatoms. The minimum atomic E-state index is -0.869. The number of hydrogen-bond acceptors (Lipinski definition) is 3. The molecule has 1 aromatic carbocycles. The molecular formula is C19H26N2O4. The Hall–Kier alpha value is -2.37. The molecule has 136 valence electrons. The van der Waals surface area contributed by atoms with Crippen LogP contribution in [-0.2, 0) is 20.8 Å². The van der Waals surface area contributed by atoms with Gasteiger partial charge in [-0.2, -0.15) is 0 Å². The lowest BCUT2D eigenvalue weighted by molar-refractivity contribution is -0.147. The van der Waals surface area contributed by atoms with Gasteiger partial charge in [0.15, 0.2) is 0 Å². The number of rotatable bonds is 6. The number of hydrogen-bond donors (Lipinski definition) is 2. The molecule has 0 bridgehead atoms. The van der Waals surface area contributed by atoms with Crippen LogP contribution in [0, 0.1) is 18.8 Å². The van der Waals surface area contributed by atoms with Crippen molar-refractivity contribution in [1.82, 2.24) is 10.2 Å². The number of aliphatic carboxylic acids is 1. The first kappa shape index (κ1) is 19.0. The summed E-state index contributed by atoms with van der Waals surface area (Å²) < 4.78 is 0. The van der Waals surface area contributed by atoms with Crippen LogP contribution in [0.3, 0.4) is 0 Å². The second-order valence-corrected chi connectivity index (χ2v) is 6.94. The Labute approximate surface area is 148 Å². The molecule has 1 aliphatic rings. The predicted octanol–water partition coefficient (Wildman–Crippen LogP) is 1.61. The fraction of sp³-hybridized carbons (Fsp3) is 0.526. The van der Waals surface area contributed by atoms with E-state index in [2.05, 4.69) is 5.32 Å². The number of piperidine rings is 1. The van der Waals surface area contributed by atoms with E-state index in [1.54, 1.807) is 4.90 Å². The summed E-state index contributed by atoms with van der Waals surface area (Å²) in [7, 11) is 0. The Morgan fingerprint density at radius 1 is 1.20 bits per heavy atom. The SMILES string of the molecule is Cc1ccc(CCC(=O)NCC(=O)N2CC(C)CC(C(=O)O)C2)cc1. The topological polar surface area (TPSA) is 86.7 Å². The largest absolute Gasteiger partial charge is 0.481 e. The van der Waals surface area contributed by atoms with Gasteiger partial charge in [-0.1, -0.05) is 36.8 Å². The molecule has 0 aromatic heterocycles. The number of amides is 2. The molecule has 1 heterocycles. The van der Waals surface area contributed by atoms with Gasteiger partial charge in [0.25, 0.3) is 0 Å². The van der Waals surface area contributed by atoms with E-state index in [-0.39, 0.29) is 30.8 Å². The monoisotopic (exact) mass is 346 g/mol. The quantitative estimate of drug-likeness (QED) is 0.819. The van der Waals surface area contributed by atoms with E-state index < -0.39 is 11.9 Å². The summed E-state index contributed by atoms with van der Waals surface area (Å²) in [6, 6.07) is 8.00. The predicted molar refractivity (Wildman–Crippen MR) is 94.0 cm³/mol. The van der Waals surface area contributed by atoms with Crippen molar-refractivity contribution in [3.05, 3.63) is 35.4 Å². The van der Waals surface area contributed by atoms with Crippen molar-refractivity contribution in [1.29, 1.82) is 0 Å². The summed E-state index contributed by atoms with van der Waals surface area (Å²) in [5.41, 5.74) is 2.26. The van der Waals surface area contributed by atoms with Crippen LogP contribution < -0.4 is 5.32 Å². The fourth-order valence-corrected chi connectivity index (χ4v) is 3.12. The van der Waals surface area contributed by atoms with Gasteiger partial charge in [0, 0.05) is 19.5 Å². The molecule has 0 saturated carbocycles. The first-order chi connectivity index (χ1) is 11.8. The van der Waals surface area contributed by atoms with Crippen molar-refractivity contribution in [2.75, 3.05) is 19.6 Å². The lowest BCUT2D eigenvalue weighted by Gasteiger charge is -2.34. The van der Waals surface area contributed by atoms with Gasteiger partial charge < -0.3 is 15.3 Å². The number of carboxylic acids is 1. The summed E-state index contributed by atoms with van der Waals surface area (Å²) in [6.45, 7) is 4.64. The summed E-state index contributed by atoms with van der Waals surface area (Å²) in [5.74, 6) is -1.64. The Morgan fingerprint density at radius 2 is 1.88 bits per heavy atom. The maximum atomic E-state index is 12.2. The van der Waals surface area contributed by atoms with Crippen LogP contribution in [0.5, 0.6) is 0 Å². The van der Waals surface area contributed by atoms with E-state index in [1.165, 1.54) is 5.56 Å². The first-order valence-electron chi connectivity index (χ1n) is 8.68. The van der Waals surface area contributed by atoms with E-state index in [1.807, 2.05) is 38.1 Å². The number of nitrogens with one attached hydrogen (secondary N) is 1. The summed E-state index contributed by atoms with van der Waals surface area (Å²) >= 11 is 0. The van der Waals surface area contributed by atoms with Crippen LogP contribution in [0.4, 0.5) is 0 Å². The average Bonchev–Trinajstić information content (AvgIpc) is 2.58. The second-order valence-electron chi connectivity index (χ2n) is 6.94. The molecule has 2 amide bonds. The zero-order chi connectivity index (χ0) is 18.4. The van der Waals surface area contributed by atoms with Crippen molar-refractivity contribution >= 4 is 17.8 Å². The minimum Gasteiger partial charge on any atom is -0.481 e. The molecule has 2 unspecified atom stereocenters. The Kier molecular flexibility index (Phi) is 6.56. The molecule has 0 spiro atoms. The highest BCUT2D eigenvalue weighted by molar-refractivity contribution is 5.85. The third-order valence-electron chi connectivity index (χ3n) is 4.56. The third-order valence-corrected chi connectivity index (χ3v) is 4.56. The molecule has 2 N–H and O–H groups in total. The lowest BCUT2D eigenvalue weighted by Crippen LogP contribution is -2.48. The molecule has 25 heavy (non-hydrogen) atoms. The van der Waals surface area contributed by atoms with Crippen LogP contribution >= 0.6 is 0 Å². The summed E-state index contributed by atoms with van der Waals surface area (Å²) in [6.07, 6.45) is 1.54. The number of benzene rings is 1. The second kappa shape index (κ2) is 8.65. The Bertz CT molecular complexity index is 627. The van der Waals surface area contributed by atoms with E-state index in [4.69, 9.17) is 5.11 Å². The van der Waals surface area contributed by atoms with Gasteiger partial charge in [-0.05, 0) is 31.2 Å². The van der Waals surface area contributed by atoms with Gasteiger partial charge in [-0.3, -0.25) is 14.4 Å². The highest BCUT2D eigenvalue weighted by Crippen LogP contribution is 2.21. The first-order valence-corrected chi connectivity index (χ1v) is 8.68. The normalized spacial score (nSPS) is 20.2. The van der Waals surface area contributed by atoms with Gasteiger partial charge in [-0.25, -0.2) is 0 Å². The Morgan fingerprint density at radius 3 is 2.52 bits per heavy atom. The molecule has 6 nitrogen and oxygen atoms in total. The van der Waals surface area contributed by atoms with Gasteiger partial charge in [0.2, 0.25) is 11.8 Å². The molecule has 2 rings (SSSR count). The Balaban J connectivity index is 1.75. The number of aryl methyl sites for hydroxylation is 2. The molecule has 2 atom stereocenters. The molecule has 1 aliphatic heterocycles. The van der Waals surface area contributed by atoms with Crippen LogP contribution in [0.1, 0.15) is 30.9 Å². The van der Waals surface area contributed by atoms with Crippen LogP contribution in [0.2, 0.25) is 0 Å². The maximum absolute atomic E-state index is 12.2. The van der Waals surface area contributed by atoms with Crippen molar-refractivity contribution in [2.24, 2.45) is 11.8 Å². The van der Waals surface area contributed by atoms with E-state index in [0.717, 1.165) is 5.56 Å². The fourth-order valence-electron chi connectivity index (χ4n) is 3.12.